The number of alkyl halides is 3. The van der Waals surface area contributed by atoms with Crippen molar-refractivity contribution in [3.8, 4) is 0 Å². The third-order valence-electron chi connectivity index (χ3n) is 8.59. The molecule has 2 aromatic carbocycles. The largest absolute Gasteiger partial charge is 0.421 e. The summed E-state index contributed by atoms with van der Waals surface area (Å²) in [6.07, 6.45) is -4.92. The van der Waals surface area contributed by atoms with Crippen molar-refractivity contribution in [3.63, 3.8) is 0 Å². The highest BCUT2D eigenvalue weighted by Crippen LogP contribution is 2.43. The van der Waals surface area contributed by atoms with Crippen LogP contribution in [0.5, 0.6) is 0 Å². The van der Waals surface area contributed by atoms with E-state index in [4.69, 9.17) is 4.74 Å². The van der Waals surface area contributed by atoms with E-state index in [-0.39, 0.29) is 48.3 Å². The van der Waals surface area contributed by atoms with Gasteiger partial charge in [0.25, 0.3) is 15.9 Å². The second-order valence-corrected chi connectivity index (χ2v) is 13.3. The first-order valence-electron chi connectivity index (χ1n) is 14.1. The van der Waals surface area contributed by atoms with E-state index in [1.165, 1.54) is 0 Å². The number of benzene rings is 2. The van der Waals surface area contributed by atoms with Gasteiger partial charge in [0, 0.05) is 19.4 Å². The van der Waals surface area contributed by atoms with Crippen LogP contribution in [0.15, 0.2) is 47.4 Å². The Kier molecular flexibility index (Phi) is 8.27. The summed E-state index contributed by atoms with van der Waals surface area (Å²) in [5, 5.41) is 15.0. The van der Waals surface area contributed by atoms with Crippen LogP contribution >= 0.6 is 0 Å². The number of hydrogen-bond donors (Lipinski definition) is 3. The zero-order valence-corrected chi connectivity index (χ0v) is 24.4. The topological polar surface area (TPSA) is 142 Å². The molecule has 0 aromatic heterocycles. The normalized spacial score (nSPS) is 25.3. The van der Waals surface area contributed by atoms with Crippen LogP contribution in [0, 0.1) is 5.82 Å². The minimum atomic E-state index is -5.00. The number of anilines is 1. The van der Waals surface area contributed by atoms with Crippen molar-refractivity contribution in [2.75, 3.05) is 10.9 Å². The lowest BCUT2D eigenvalue weighted by Gasteiger charge is -2.39. The fourth-order valence-electron chi connectivity index (χ4n) is 6.07. The number of sulfonamides is 1. The van der Waals surface area contributed by atoms with Gasteiger partial charge in [0.2, 0.25) is 0 Å². The molecule has 2 saturated heterocycles. The molecule has 0 radical (unpaired) electrons. The van der Waals surface area contributed by atoms with Crippen LogP contribution in [0.1, 0.15) is 56.6 Å². The number of ether oxygens (including phenoxy) is 1. The Balaban J connectivity index is 1.45. The lowest BCUT2D eigenvalue weighted by atomic mass is 9.84. The van der Waals surface area contributed by atoms with Crippen LogP contribution in [0.2, 0.25) is 0 Å². The Morgan fingerprint density at radius 1 is 1.14 bits per heavy atom. The van der Waals surface area contributed by atoms with Crippen LogP contribution < -0.4 is 14.9 Å². The number of halogens is 4. The van der Waals surface area contributed by atoms with E-state index < -0.39 is 68.6 Å². The molecule has 0 spiro atoms. The summed E-state index contributed by atoms with van der Waals surface area (Å²) < 4.78 is 88.7. The maximum Gasteiger partial charge on any atom is 0.421 e. The molecule has 5 rings (SSSR count). The molecule has 0 saturated carbocycles. The lowest BCUT2D eigenvalue weighted by molar-refractivity contribution is -0.258. The maximum absolute atomic E-state index is 13.9. The molecule has 3 aliphatic heterocycles. The average Bonchev–Trinajstić information content (AvgIpc) is 3.59. The summed E-state index contributed by atoms with van der Waals surface area (Å²) in [5.74, 6) is -1.71. The van der Waals surface area contributed by atoms with E-state index in [1.807, 2.05) is 0 Å². The second-order valence-electron chi connectivity index (χ2n) is 11.5. The number of nitrogens with one attached hydrogen (secondary N) is 2. The van der Waals surface area contributed by atoms with E-state index in [0.29, 0.717) is 26.4 Å². The number of urea groups is 1. The van der Waals surface area contributed by atoms with Crippen LogP contribution in [0.4, 0.5) is 28.0 Å². The SMILES string of the molecule is CC(O)(c1ccc2c(c1)CC[C@@H](CC(=O)CCC1(C3CCCO3)NC(=O)NC1=O)N2S(=O)(=O)c1ccc(F)cc1)C(F)(F)F. The number of Topliss-reactive ketones (excluding diaryl/α,β-unsaturated/α-hetero) is 1. The summed E-state index contributed by atoms with van der Waals surface area (Å²) >= 11 is 0. The van der Waals surface area contributed by atoms with Crippen LogP contribution in [0.25, 0.3) is 0 Å². The molecular formula is C29H31F4N3O7S. The minimum absolute atomic E-state index is 0.0263. The highest BCUT2D eigenvalue weighted by Gasteiger charge is 2.54. The van der Waals surface area contributed by atoms with Crippen LogP contribution in [-0.2, 0) is 36.4 Å². The highest BCUT2D eigenvalue weighted by atomic mass is 32.2. The molecule has 4 atom stereocenters. The van der Waals surface area contributed by atoms with Gasteiger partial charge in [-0.2, -0.15) is 13.2 Å². The van der Waals surface area contributed by atoms with Gasteiger partial charge in [-0.15, -0.1) is 0 Å². The molecule has 3 unspecified atom stereocenters. The fourth-order valence-corrected chi connectivity index (χ4v) is 7.79. The number of nitrogens with zero attached hydrogens (tertiary/aromatic N) is 1. The maximum atomic E-state index is 13.9. The molecule has 3 heterocycles. The lowest BCUT2D eigenvalue weighted by Crippen LogP contribution is -2.56. The number of ketones is 1. The van der Waals surface area contributed by atoms with E-state index in [0.717, 1.165) is 46.8 Å². The molecule has 15 heteroatoms. The molecular weight excluding hydrogens is 610 g/mol. The van der Waals surface area contributed by atoms with Gasteiger partial charge in [-0.05, 0) is 80.5 Å². The fraction of sp³-hybridized carbons (Fsp3) is 0.483. The second kappa shape index (κ2) is 11.4. The monoisotopic (exact) mass is 641 g/mol. The Morgan fingerprint density at radius 3 is 2.43 bits per heavy atom. The van der Waals surface area contributed by atoms with Gasteiger partial charge in [-0.25, -0.2) is 17.6 Å². The molecule has 3 N–H and O–H groups in total. The van der Waals surface area contributed by atoms with Gasteiger partial charge >= 0.3 is 12.2 Å². The predicted octanol–water partition coefficient (Wildman–Crippen LogP) is 3.60. The summed E-state index contributed by atoms with van der Waals surface area (Å²) in [4.78, 5) is 37.8. The van der Waals surface area contributed by atoms with E-state index >= 15 is 0 Å². The van der Waals surface area contributed by atoms with Crippen molar-refractivity contribution >= 4 is 33.4 Å². The number of carbonyl (C=O) groups is 3. The molecule has 3 amide bonds. The smallest absolute Gasteiger partial charge is 0.376 e. The quantitative estimate of drug-likeness (QED) is 0.281. The minimum Gasteiger partial charge on any atom is -0.376 e. The Labute approximate surface area is 250 Å². The van der Waals surface area contributed by atoms with Crippen molar-refractivity contribution in [3.05, 3.63) is 59.4 Å². The first kappa shape index (κ1) is 31.9. The number of hydrogen-bond acceptors (Lipinski definition) is 7. The molecule has 0 aliphatic carbocycles. The number of carbonyl (C=O) groups excluding carboxylic acids is 3. The van der Waals surface area contributed by atoms with Crippen molar-refractivity contribution in [2.24, 2.45) is 0 Å². The number of aliphatic hydroxyl groups is 1. The van der Waals surface area contributed by atoms with Gasteiger partial charge in [-0.3, -0.25) is 19.2 Å². The number of fused-ring (bicyclic) bond motifs is 1. The Hall–Kier alpha value is -3.56. The van der Waals surface area contributed by atoms with E-state index in [9.17, 15) is 45.5 Å². The average molecular weight is 642 g/mol. The molecule has 3 aliphatic rings. The van der Waals surface area contributed by atoms with Gasteiger partial charge < -0.3 is 15.2 Å². The van der Waals surface area contributed by atoms with Gasteiger partial charge in [-0.1, -0.05) is 12.1 Å². The number of amides is 3. The first-order chi connectivity index (χ1) is 20.6. The summed E-state index contributed by atoms with van der Waals surface area (Å²) in [6.45, 7) is 0.990. The third kappa shape index (κ3) is 5.68. The number of rotatable bonds is 9. The van der Waals surface area contributed by atoms with Crippen LogP contribution in [-0.4, -0.2) is 61.7 Å². The van der Waals surface area contributed by atoms with Gasteiger partial charge in [0.15, 0.2) is 5.60 Å². The number of aryl methyl sites for hydroxylation is 1. The van der Waals surface area contributed by atoms with Crippen molar-refractivity contribution in [1.29, 1.82) is 0 Å². The van der Waals surface area contributed by atoms with Crippen LogP contribution in [0.3, 0.4) is 0 Å². The molecule has 238 valence electrons. The van der Waals surface area contributed by atoms with Crippen molar-refractivity contribution in [1.82, 2.24) is 10.6 Å². The summed E-state index contributed by atoms with van der Waals surface area (Å²) in [6, 6.07) is 5.57. The molecule has 10 nitrogen and oxygen atoms in total. The third-order valence-corrected chi connectivity index (χ3v) is 10.5. The summed E-state index contributed by atoms with van der Waals surface area (Å²) in [5.41, 5.74) is -4.89. The zero-order chi connectivity index (χ0) is 32.1. The Bertz CT molecular complexity index is 1570. The van der Waals surface area contributed by atoms with Crippen molar-refractivity contribution < 1.29 is 50.2 Å². The highest BCUT2D eigenvalue weighted by molar-refractivity contribution is 7.92. The van der Waals surface area contributed by atoms with Crippen molar-refractivity contribution in [2.45, 2.75) is 86.2 Å². The van der Waals surface area contributed by atoms with E-state index in [2.05, 4.69) is 10.6 Å². The first-order valence-corrected chi connectivity index (χ1v) is 15.5. The van der Waals surface area contributed by atoms with Gasteiger partial charge in [0.05, 0.1) is 22.7 Å². The van der Waals surface area contributed by atoms with Gasteiger partial charge in [0.1, 0.15) is 17.1 Å². The standard InChI is InChI=1S/C29H31F4N3O7S/c1-27(40,29(31,32)33)18-5-11-23-17(15-18)4-8-20(36(23)44(41,42)22-9-6-19(30)7-10-22)16-21(37)12-13-28(24-3-2-14-43-24)25(38)34-26(39)35-28/h5-7,9-11,15,20,24,40H,2-4,8,12-14,16H2,1H3,(H2,34,35,38,39)/t20-,24?,27?,28?/m0/s1. The number of imide groups is 1. The molecule has 44 heavy (non-hydrogen) atoms. The van der Waals surface area contributed by atoms with E-state index in [1.54, 1.807) is 0 Å². The summed E-state index contributed by atoms with van der Waals surface area (Å²) in [7, 11) is -4.45. The zero-order valence-electron chi connectivity index (χ0n) is 23.6. The molecule has 0 bridgehead atoms. The predicted molar refractivity (Wildman–Crippen MR) is 147 cm³/mol. The Morgan fingerprint density at radius 2 is 1.84 bits per heavy atom. The molecule has 2 fully saturated rings. The molecule has 2 aromatic rings.